The Labute approximate surface area is 107 Å². The number of halogens is 1. The van der Waals surface area contributed by atoms with Gasteiger partial charge in [0, 0.05) is 23.8 Å². The van der Waals surface area contributed by atoms with E-state index in [0.29, 0.717) is 22.2 Å². The van der Waals surface area contributed by atoms with Gasteiger partial charge < -0.3 is 10.6 Å². The predicted molar refractivity (Wildman–Crippen MR) is 70.2 cm³/mol. The molecule has 0 aliphatic carbocycles. The molecule has 2 N–H and O–H groups in total. The van der Waals surface area contributed by atoms with Gasteiger partial charge in [0.05, 0.1) is 5.56 Å². The maximum Gasteiger partial charge on any atom is 0.255 e. The lowest BCUT2D eigenvalue weighted by atomic mass is 9.99. The van der Waals surface area contributed by atoms with Crippen molar-refractivity contribution in [3.8, 4) is 0 Å². The summed E-state index contributed by atoms with van der Waals surface area (Å²) in [7, 11) is 0. The summed E-state index contributed by atoms with van der Waals surface area (Å²) in [6.07, 6.45) is 2.26. The van der Waals surface area contributed by atoms with Crippen molar-refractivity contribution in [2.75, 3.05) is 18.8 Å². The normalized spacial score (nSPS) is 20.4. The Hall–Kier alpha value is -1.22. The van der Waals surface area contributed by atoms with Gasteiger partial charge in [-0.15, -0.1) is 0 Å². The van der Waals surface area contributed by atoms with E-state index in [0.717, 1.165) is 19.5 Å². The highest BCUT2D eigenvalue weighted by Crippen LogP contribution is 2.22. The number of amides is 1. The molecule has 1 aliphatic heterocycles. The summed E-state index contributed by atoms with van der Waals surface area (Å²) in [5.74, 6) is 0.590. The second-order valence-electron chi connectivity index (χ2n) is 4.73. The standard InChI is InChI=1S/C13H17ClN2O/c1-9-3-2-6-16(8-9)13(17)11-5-4-10(14)7-12(11)15/h4-5,7,9H,2-3,6,8,15H2,1H3. The Balaban J connectivity index is 2.18. The summed E-state index contributed by atoms with van der Waals surface area (Å²) in [4.78, 5) is 14.2. The lowest BCUT2D eigenvalue weighted by Gasteiger charge is -2.31. The van der Waals surface area contributed by atoms with Crippen molar-refractivity contribution in [3.05, 3.63) is 28.8 Å². The first-order valence-corrected chi connectivity index (χ1v) is 6.30. The average Bonchev–Trinajstić information content (AvgIpc) is 2.28. The van der Waals surface area contributed by atoms with Crippen LogP contribution in [-0.2, 0) is 0 Å². The molecule has 1 saturated heterocycles. The minimum Gasteiger partial charge on any atom is -0.398 e. The number of piperidine rings is 1. The highest BCUT2D eigenvalue weighted by atomic mass is 35.5. The zero-order chi connectivity index (χ0) is 12.4. The third-order valence-electron chi connectivity index (χ3n) is 3.19. The Kier molecular flexibility index (Phi) is 3.57. The van der Waals surface area contributed by atoms with Crippen LogP contribution in [0.1, 0.15) is 30.1 Å². The molecule has 2 rings (SSSR count). The van der Waals surface area contributed by atoms with Crippen LogP contribution < -0.4 is 5.73 Å². The number of benzene rings is 1. The van der Waals surface area contributed by atoms with Crippen LogP contribution in [-0.4, -0.2) is 23.9 Å². The molecule has 1 atom stereocenters. The summed E-state index contributed by atoms with van der Waals surface area (Å²) in [5, 5.41) is 0.561. The zero-order valence-corrected chi connectivity index (χ0v) is 10.7. The molecule has 4 heteroatoms. The molecular weight excluding hydrogens is 236 g/mol. The molecule has 0 spiro atoms. The van der Waals surface area contributed by atoms with Crippen molar-refractivity contribution in [1.82, 2.24) is 4.90 Å². The summed E-state index contributed by atoms with van der Waals surface area (Å²) in [5.41, 5.74) is 6.85. The largest absolute Gasteiger partial charge is 0.398 e. The van der Waals surface area contributed by atoms with Crippen molar-refractivity contribution in [2.24, 2.45) is 5.92 Å². The second kappa shape index (κ2) is 4.96. The number of nitrogens with zero attached hydrogens (tertiary/aromatic N) is 1. The molecule has 92 valence electrons. The van der Waals surface area contributed by atoms with Gasteiger partial charge in [-0.1, -0.05) is 18.5 Å². The minimum atomic E-state index is 0.0192. The SMILES string of the molecule is CC1CCCN(C(=O)c2ccc(Cl)cc2N)C1. The van der Waals surface area contributed by atoms with Gasteiger partial charge >= 0.3 is 0 Å². The highest BCUT2D eigenvalue weighted by molar-refractivity contribution is 6.31. The first kappa shape index (κ1) is 12.2. The number of nitrogens with two attached hydrogens (primary N) is 1. The van der Waals surface area contributed by atoms with Crippen LogP contribution in [0.2, 0.25) is 5.02 Å². The summed E-state index contributed by atoms with van der Waals surface area (Å²) >= 11 is 5.83. The predicted octanol–water partition coefficient (Wildman–Crippen LogP) is 2.79. The fraction of sp³-hybridized carbons (Fsp3) is 0.462. The molecule has 1 fully saturated rings. The molecule has 0 bridgehead atoms. The maximum atomic E-state index is 12.3. The van der Waals surface area contributed by atoms with Crippen molar-refractivity contribution in [1.29, 1.82) is 0 Å². The van der Waals surface area contributed by atoms with E-state index in [-0.39, 0.29) is 5.91 Å². The van der Waals surface area contributed by atoms with Gasteiger partial charge in [-0.2, -0.15) is 0 Å². The van der Waals surface area contributed by atoms with Crippen molar-refractivity contribution in [2.45, 2.75) is 19.8 Å². The van der Waals surface area contributed by atoms with Crippen LogP contribution in [0, 0.1) is 5.92 Å². The van der Waals surface area contributed by atoms with E-state index in [4.69, 9.17) is 17.3 Å². The van der Waals surface area contributed by atoms with Crippen molar-refractivity contribution < 1.29 is 4.79 Å². The third-order valence-corrected chi connectivity index (χ3v) is 3.42. The highest BCUT2D eigenvalue weighted by Gasteiger charge is 2.23. The molecule has 1 aliphatic rings. The molecule has 3 nitrogen and oxygen atoms in total. The van der Waals surface area contributed by atoms with Crippen LogP contribution in [0.3, 0.4) is 0 Å². The molecule has 0 radical (unpaired) electrons. The maximum absolute atomic E-state index is 12.3. The number of carbonyl (C=O) groups is 1. The Bertz CT molecular complexity index is 433. The van der Waals surface area contributed by atoms with Gasteiger partial charge in [0.15, 0.2) is 0 Å². The molecule has 0 aromatic heterocycles. The number of nitrogen functional groups attached to an aromatic ring is 1. The summed E-state index contributed by atoms with van der Waals surface area (Å²) in [6.45, 7) is 3.82. The van der Waals surface area contributed by atoms with Crippen LogP contribution in [0.5, 0.6) is 0 Å². The van der Waals surface area contributed by atoms with E-state index in [2.05, 4.69) is 6.92 Å². The van der Waals surface area contributed by atoms with Crippen LogP contribution in [0.15, 0.2) is 18.2 Å². The fourth-order valence-corrected chi connectivity index (χ4v) is 2.45. The van der Waals surface area contributed by atoms with Gasteiger partial charge in [0.1, 0.15) is 0 Å². The molecule has 17 heavy (non-hydrogen) atoms. The molecule has 1 aromatic carbocycles. The van der Waals surface area contributed by atoms with E-state index >= 15 is 0 Å². The molecule has 0 saturated carbocycles. The van der Waals surface area contributed by atoms with Crippen LogP contribution in [0.25, 0.3) is 0 Å². The minimum absolute atomic E-state index is 0.0192. The first-order valence-electron chi connectivity index (χ1n) is 5.92. The first-order chi connectivity index (χ1) is 8.08. The lowest BCUT2D eigenvalue weighted by molar-refractivity contribution is 0.0684. The number of rotatable bonds is 1. The summed E-state index contributed by atoms with van der Waals surface area (Å²) in [6, 6.07) is 5.04. The van der Waals surface area contributed by atoms with E-state index in [9.17, 15) is 4.79 Å². The number of likely N-dealkylation sites (tertiary alicyclic amines) is 1. The molecule has 1 amide bonds. The zero-order valence-electron chi connectivity index (χ0n) is 9.95. The fourth-order valence-electron chi connectivity index (χ4n) is 2.27. The van der Waals surface area contributed by atoms with Gasteiger partial charge in [0.25, 0.3) is 5.91 Å². The van der Waals surface area contributed by atoms with E-state index < -0.39 is 0 Å². The monoisotopic (exact) mass is 252 g/mol. The van der Waals surface area contributed by atoms with E-state index in [1.165, 1.54) is 6.42 Å². The van der Waals surface area contributed by atoms with Gasteiger partial charge in [-0.05, 0) is 37.0 Å². The van der Waals surface area contributed by atoms with Gasteiger partial charge in [0.2, 0.25) is 0 Å². The second-order valence-corrected chi connectivity index (χ2v) is 5.17. The van der Waals surface area contributed by atoms with Crippen LogP contribution in [0.4, 0.5) is 5.69 Å². The Morgan fingerprint density at radius 2 is 2.29 bits per heavy atom. The van der Waals surface area contributed by atoms with Crippen molar-refractivity contribution >= 4 is 23.2 Å². The lowest BCUT2D eigenvalue weighted by Crippen LogP contribution is -2.39. The topological polar surface area (TPSA) is 46.3 Å². The quantitative estimate of drug-likeness (QED) is 0.782. The Morgan fingerprint density at radius 1 is 1.53 bits per heavy atom. The molecular formula is C13H17ClN2O. The Morgan fingerprint density at radius 3 is 2.94 bits per heavy atom. The number of carbonyl (C=O) groups excluding carboxylic acids is 1. The van der Waals surface area contributed by atoms with E-state index in [1.807, 2.05) is 4.90 Å². The number of hydrogen-bond donors (Lipinski definition) is 1. The van der Waals surface area contributed by atoms with E-state index in [1.54, 1.807) is 18.2 Å². The summed E-state index contributed by atoms with van der Waals surface area (Å²) < 4.78 is 0. The molecule has 1 heterocycles. The van der Waals surface area contributed by atoms with Gasteiger partial charge in [-0.25, -0.2) is 0 Å². The van der Waals surface area contributed by atoms with Crippen LogP contribution >= 0.6 is 11.6 Å². The smallest absolute Gasteiger partial charge is 0.255 e. The average molecular weight is 253 g/mol. The number of hydrogen-bond acceptors (Lipinski definition) is 2. The number of anilines is 1. The van der Waals surface area contributed by atoms with Gasteiger partial charge in [-0.3, -0.25) is 4.79 Å². The molecule has 1 aromatic rings. The van der Waals surface area contributed by atoms with Crippen molar-refractivity contribution in [3.63, 3.8) is 0 Å². The third kappa shape index (κ3) is 2.72. The molecule has 1 unspecified atom stereocenters.